The number of nitrogen functional groups attached to an aromatic ring is 1. The lowest BCUT2D eigenvalue weighted by atomic mass is 10.2. The first kappa shape index (κ1) is 15.3. The molecular formula is C16H22N4O. The Labute approximate surface area is 125 Å². The molecule has 0 unspecified atom stereocenters. The Morgan fingerprint density at radius 2 is 2.10 bits per heavy atom. The van der Waals surface area contributed by atoms with Gasteiger partial charge in [-0.15, -0.1) is 0 Å². The minimum absolute atomic E-state index is 0.531. The lowest BCUT2D eigenvalue weighted by Gasteiger charge is -2.12. The topological polar surface area (TPSA) is 73.1 Å². The average molecular weight is 286 g/mol. The molecule has 0 fully saturated rings. The summed E-state index contributed by atoms with van der Waals surface area (Å²) < 4.78 is 5.15. The Hall–Kier alpha value is -2.14. The molecule has 5 heteroatoms. The molecule has 112 valence electrons. The van der Waals surface area contributed by atoms with Gasteiger partial charge in [0.2, 0.25) is 0 Å². The highest BCUT2D eigenvalue weighted by Gasteiger charge is 2.09. The molecule has 1 heterocycles. The Kier molecular flexibility index (Phi) is 5.11. The van der Waals surface area contributed by atoms with Crippen LogP contribution in [0.15, 0.2) is 24.3 Å². The molecule has 5 nitrogen and oxygen atoms in total. The fourth-order valence-corrected chi connectivity index (χ4v) is 2.08. The number of aryl methyl sites for hydroxylation is 1. The van der Waals surface area contributed by atoms with Gasteiger partial charge < -0.3 is 15.8 Å². The van der Waals surface area contributed by atoms with Crippen LogP contribution in [0.3, 0.4) is 0 Å². The summed E-state index contributed by atoms with van der Waals surface area (Å²) in [5.74, 6) is 2.07. The second kappa shape index (κ2) is 7.04. The first-order valence-corrected chi connectivity index (χ1v) is 7.12. The summed E-state index contributed by atoms with van der Waals surface area (Å²) in [5, 5.41) is 3.32. The zero-order valence-corrected chi connectivity index (χ0v) is 12.8. The molecule has 0 amide bonds. The van der Waals surface area contributed by atoms with Crippen molar-refractivity contribution >= 4 is 17.3 Å². The lowest BCUT2D eigenvalue weighted by Crippen LogP contribution is -2.07. The Morgan fingerprint density at radius 3 is 2.81 bits per heavy atom. The molecule has 0 aliphatic rings. The van der Waals surface area contributed by atoms with E-state index in [4.69, 9.17) is 10.5 Å². The van der Waals surface area contributed by atoms with Crippen molar-refractivity contribution in [2.45, 2.75) is 33.3 Å². The van der Waals surface area contributed by atoms with E-state index in [-0.39, 0.29) is 0 Å². The van der Waals surface area contributed by atoms with E-state index in [2.05, 4.69) is 22.2 Å². The number of nitrogens with zero attached hydrogens (tertiary/aromatic N) is 2. The highest BCUT2D eigenvalue weighted by Crippen LogP contribution is 2.23. The van der Waals surface area contributed by atoms with Gasteiger partial charge in [0.05, 0.1) is 6.61 Å². The largest absolute Gasteiger partial charge is 0.383 e. The van der Waals surface area contributed by atoms with E-state index in [9.17, 15) is 0 Å². The molecule has 3 N–H and O–H groups in total. The van der Waals surface area contributed by atoms with Crippen LogP contribution in [0, 0.1) is 6.92 Å². The normalized spacial score (nSPS) is 10.6. The van der Waals surface area contributed by atoms with E-state index in [0.29, 0.717) is 12.4 Å². The van der Waals surface area contributed by atoms with Crippen molar-refractivity contribution in [2.75, 3.05) is 18.2 Å². The van der Waals surface area contributed by atoms with Crippen LogP contribution in [-0.2, 0) is 17.8 Å². The van der Waals surface area contributed by atoms with E-state index in [1.54, 1.807) is 7.11 Å². The minimum Gasteiger partial charge on any atom is -0.383 e. The number of benzene rings is 1. The van der Waals surface area contributed by atoms with Crippen molar-refractivity contribution in [2.24, 2.45) is 0 Å². The quantitative estimate of drug-likeness (QED) is 0.853. The van der Waals surface area contributed by atoms with Crippen molar-refractivity contribution in [1.82, 2.24) is 9.97 Å². The van der Waals surface area contributed by atoms with Crippen LogP contribution >= 0.6 is 0 Å². The van der Waals surface area contributed by atoms with E-state index < -0.39 is 0 Å². The fourth-order valence-electron chi connectivity index (χ4n) is 2.08. The smallest absolute Gasteiger partial charge is 0.139 e. The van der Waals surface area contributed by atoms with Gasteiger partial charge in [-0.05, 0) is 31.0 Å². The predicted octanol–water partition coefficient (Wildman–Crippen LogP) is 3.21. The minimum atomic E-state index is 0.531. The van der Waals surface area contributed by atoms with Crippen molar-refractivity contribution in [3.8, 4) is 0 Å². The molecule has 0 radical (unpaired) electrons. The van der Waals surface area contributed by atoms with Crippen LogP contribution in [-0.4, -0.2) is 17.1 Å². The molecule has 0 atom stereocenters. The summed E-state index contributed by atoms with van der Waals surface area (Å²) in [7, 11) is 1.69. The van der Waals surface area contributed by atoms with Gasteiger partial charge in [0, 0.05) is 24.8 Å². The summed E-state index contributed by atoms with van der Waals surface area (Å²) >= 11 is 0. The lowest BCUT2D eigenvalue weighted by molar-refractivity contribution is 0.185. The third kappa shape index (κ3) is 3.92. The van der Waals surface area contributed by atoms with Gasteiger partial charge in [0.25, 0.3) is 0 Å². The van der Waals surface area contributed by atoms with Crippen molar-refractivity contribution in [1.29, 1.82) is 0 Å². The average Bonchev–Trinajstić information content (AvgIpc) is 2.45. The number of hydrogen-bond acceptors (Lipinski definition) is 5. The fraction of sp³-hybridized carbons (Fsp3) is 0.375. The third-order valence-corrected chi connectivity index (χ3v) is 3.20. The molecular weight excluding hydrogens is 264 g/mol. The number of methoxy groups -OCH3 is 1. The standard InChI is InChI=1S/C16H22N4O/c1-4-6-14-19-15(17)11(2)16(20-14)18-13-8-5-7-12(9-13)10-21-3/h5,7-9H,4,6,10H2,1-3H3,(H3,17,18,19,20). The van der Waals surface area contributed by atoms with Gasteiger partial charge in [-0.2, -0.15) is 0 Å². The molecule has 0 aliphatic heterocycles. The van der Waals surface area contributed by atoms with Crippen LogP contribution in [0.25, 0.3) is 0 Å². The zero-order chi connectivity index (χ0) is 15.2. The number of ether oxygens (including phenoxy) is 1. The molecule has 0 bridgehead atoms. The number of hydrogen-bond donors (Lipinski definition) is 2. The summed E-state index contributed by atoms with van der Waals surface area (Å²) in [6.07, 6.45) is 1.81. The van der Waals surface area contributed by atoms with Crippen molar-refractivity contribution < 1.29 is 4.74 Å². The molecule has 1 aromatic carbocycles. The zero-order valence-electron chi connectivity index (χ0n) is 12.8. The highest BCUT2D eigenvalue weighted by molar-refractivity contribution is 5.64. The second-order valence-electron chi connectivity index (χ2n) is 5.01. The highest BCUT2D eigenvalue weighted by atomic mass is 16.5. The molecule has 2 rings (SSSR count). The number of rotatable bonds is 6. The van der Waals surface area contributed by atoms with E-state index in [1.807, 2.05) is 31.2 Å². The van der Waals surface area contributed by atoms with Gasteiger partial charge in [-0.25, -0.2) is 9.97 Å². The SMILES string of the molecule is CCCc1nc(N)c(C)c(Nc2cccc(COC)c2)n1. The predicted molar refractivity (Wildman–Crippen MR) is 85.6 cm³/mol. The maximum atomic E-state index is 5.97. The summed E-state index contributed by atoms with van der Waals surface area (Å²) in [5.41, 5.74) is 8.91. The number of nitrogens with two attached hydrogens (primary N) is 1. The maximum Gasteiger partial charge on any atom is 0.139 e. The van der Waals surface area contributed by atoms with Gasteiger partial charge in [0.15, 0.2) is 0 Å². The van der Waals surface area contributed by atoms with Crippen molar-refractivity contribution in [3.05, 3.63) is 41.2 Å². The third-order valence-electron chi connectivity index (χ3n) is 3.20. The molecule has 21 heavy (non-hydrogen) atoms. The Morgan fingerprint density at radius 1 is 1.29 bits per heavy atom. The number of anilines is 3. The van der Waals surface area contributed by atoms with Crippen molar-refractivity contribution in [3.63, 3.8) is 0 Å². The Bertz CT molecular complexity index is 613. The number of aromatic nitrogens is 2. The van der Waals surface area contributed by atoms with Crippen LogP contribution in [0.1, 0.15) is 30.3 Å². The monoisotopic (exact) mass is 286 g/mol. The first-order chi connectivity index (χ1) is 10.1. The first-order valence-electron chi connectivity index (χ1n) is 7.12. The molecule has 2 aromatic rings. The van der Waals surface area contributed by atoms with E-state index in [0.717, 1.165) is 41.3 Å². The summed E-state index contributed by atoms with van der Waals surface area (Å²) in [6.45, 7) is 4.61. The summed E-state index contributed by atoms with van der Waals surface area (Å²) in [4.78, 5) is 8.88. The molecule has 1 aromatic heterocycles. The molecule has 0 saturated heterocycles. The van der Waals surface area contributed by atoms with E-state index in [1.165, 1.54) is 0 Å². The Balaban J connectivity index is 2.27. The van der Waals surface area contributed by atoms with Crippen LogP contribution < -0.4 is 11.1 Å². The maximum absolute atomic E-state index is 5.97. The van der Waals surface area contributed by atoms with Gasteiger partial charge in [-0.3, -0.25) is 0 Å². The molecule has 0 spiro atoms. The number of nitrogens with one attached hydrogen (secondary N) is 1. The molecule has 0 aliphatic carbocycles. The second-order valence-corrected chi connectivity index (χ2v) is 5.01. The van der Waals surface area contributed by atoms with Crippen LogP contribution in [0.2, 0.25) is 0 Å². The van der Waals surface area contributed by atoms with E-state index >= 15 is 0 Å². The van der Waals surface area contributed by atoms with Crippen LogP contribution in [0.4, 0.5) is 17.3 Å². The van der Waals surface area contributed by atoms with Crippen LogP contribution in [0.5, 0.6) is 0 Å². The molecule has 0 saturated carbocycles. The van der Waals surface area contributed by atoms with Gasteiger partial charge >= 0.3 is 0 Å². The summed E-state index contributed by atoms with van der Waals surface area (Å²) in [6, 6.07) is 8.05. The van der Waals surface area contributed by atoms with Gasteiger partial charge in [0.1, 0.15) is 17.5 Å². The van der Waals surface area contributed by atoms with Gasteiger partial charge in [-0.1, -0.05) is 19.1 Å².